The Morgan fingerprint density at radius 2 is 2.45 bits per heavy atom. The molecule has 5 heteroatoms. The van der Waals surface area contributed by atoms with Crippen molar-refractivity contribution >= 4 is 17.2 Å². The SMILES string of the molecule is O=C(NC(CO)c1ccco1)C1CCCc2sccc21. The summed E-state index contributed by atoms with van der Waals surface area (Å²) in [7, 11) is 0. The summed E-state index contributed by atoms with van der Waals surface area (Å²) in [4.78, 5) is 13.8. The van der Waals surface area contributed by atoms with Crippen LogP contribution in [-0.2, 0) is 11.2 Å². The van der Waals surface area contributed by atoms with Crippen molar-refractivity contribution in [1.82, 2.24) is 5.32 Å². The summed E-state index contributed by atoms with van der Waals surface area (Å²) in [6.45, 7) is -0.164. The van der Waals surface area contributed by atoms with Crippen LogP contribution in [0.5, 0.6) is 0 Å². The lowest BCUT2D eigenvalue weighted by atomic mass is 9.87. The molecule has 106 valence electrons. The second kappa shape index (κ2) is 5.81. The number of aliphatic hydroxyl groups is 1. The van der Waals surface area contributed by atoms with Gasteiger partial charge in [0, 0.05) is 4.88 Å². The fourth-order valence-corrected chi connectivity index (χ4v) is 3.71. The Hall–Kier alpha value is -1.59. The van der Waals surface area contributed by atoms with Crippen molar-refractivity contribution in [3.05, 3.63) is 46.0 Å². The van der Waals surface area contributed by atoms with Crippen molar-refractivity contribution in [2.24, 2.45) is 0 Å². The highest BCUT2D eigenvalue weighted by atomic mass is 32.1. The molecule has 0 aromatic carbocycles. The quantitative estimate of drug-likeness (QED) is 0.910. The molecule has 0 spiro atoms. The molecule has 0 radical (unpaired) electrons. The van der Waals surface area contributed by atoms with Crippen LogP contribution in [0.3, 0.4) is 0 Å². The summed E-state index contributed by atoms with van der Waals surface area (Å²) in [6, 6.07) is 5.09. The summed E-state index contributed by atoms with van der Waals surface area (Å²) < 4.78 is 5.26. The molecular formula is C15H17NO3S. The lowest BCUT2D eigenvalue weighted by Gasteiger charge is -2.24. The molecule has 2 heterocycles. The fourth-order valence-electron chi connectivity index (χ4n) is 2.73. The molecule has 3 rings (SSSR count). The minimum Gasteiger partial charge on any atom is -0.467 e. The van der Waals surface area contributed by atoms with Crippen LogP contribution in [0.4, 0.5) is 0 Å². The number of thiophene rings is 1. The molecule has 20 heavy (non-hydrogen) atoms. The van der Waals surface area contributed by atoms with Gasteiger partial charge in [-0.25, -0.2) is 0 Å². The van der Waals surface area contributed by atoms with Gasteiger partial charge in [-0.1, -0.05) is 0 Å². The maximum Gasteiger partial charge on any atom is 0.228 e. The molecule has 1 amide bonds. The van der Waals surface area contributed by atoms with Gasteiger partial charge in [0.05, 0.1) is 18.8 Å². The monoisotopic (exact) mass is 291 g/mol. The predicted octanol–water partition coefficient (Wildman–Crippen LogP) is 2.61. The van der Waals surface area contributed by atoms with Crippen molar-refractivity contribution in [3.63, 3.8) is 0 Å². The van der Waals surface area contributed by atoms with Crippen molar-refractivity contribution in [2.75, 3.05) is 6.61 Å². The van der Waals surface area contributed by atoms with Crippen molar-refractivity contribution in [3.8, 4) is 0 Å². The molecule has 4 nitrogen and oxygen atoms in total. The first kappa shape index (κ1) is 13.4. The largest absolute Gasteiger partial charge is 0.467 e. The van der Waals surface area contributed by atoms with E-state index >= 15 is 0 Å². The molecule has 2 aromatic rings. The number of carbonyl (C=O) groups is 1. The third-order valence-electron chi connectivity index (χ3n) is 3.75. The number of fused-ring (bicyclic) bond motifs is 1. The van der Waals surface area contributed by atoms with Crippen LogP contribution in [0.2, 0.25) is 0 Å². The van der Waals surface area contributed by atoms with E-state index in [1.165, 1.54) is 4.88 Å². The zero-order chi connectivity index (χ0) is 13.9. The fraction of sp³-hybridized carbons (Fsp3) is 0.400. The lowest BCUT2D eigenvalue weighted by molar-refractivity contribution is -0.124. The topological polar surface area (TPSA) is 62.5 Å². The molecule has 1 aliphatic rings. The lowest BCUT2D eigenvalue weighted by Crippen LogP contribution is -2.35. The van der Waals surface area contributed by atoms with Crippen LogP contribution in [-0.4, -0.2) is 17.6 Å². The molecular weight excluding hydrogens is 274 g/mol. The Balaban J connectivity index is 1.74. The van der Waals surface area contributed by atoms with Crippen molar-refractivity contribution in [1.29, 1.82) is 0 Å². The first-order valence-electron chi connectivity index (χ1n) is 6.80. The van der Waals surface area contributed by atoms with Gasteiger partial charge in [0.25, 0.3) is 0 Å². The van der Waals surface area contributed by atoms with Gasteiger partial charge >= 0.3 is 0 Å². The second-order valence-electron chi connectivity index (χ2n) is 5.00. The van der Waals surface area contributed by atoms with E-state index in [-0.39, 0.29) is 18.4 Å². The minimum atomic E-state index is -0.471. The van der Waals surface area contributed by atoms with E-state index in [4.69, 9.17) is 4.42 Å². The molecule has 0 fully saturated rings. The van der Waals surface area contributed by atoms with Gasteiger partial charge in [-0.3, -0.25) is 4.79 Å². The molecule has 2 atom stereocenters. The average molecular weight is 291 g/mol. The number of amides is 1. The molecule has 0 saturated heterocycles. The van der Waals surface area contributed by atoms with Gasteiger partial charge in [0.1, 0.15) is 11.8 Å². The Kier molecular flexibility index (Phi) is 3.89. The maximum atomic E-state index is 12.5. The van der Waals surface area contributed by atoms with Crippen molar-refractivity contribution < 1.29 is 14.3 Å². The van der Waals surface area contributed by atoms with Crippen LogP contribution in [0.1, 0.15) is 41.0 Å². The summed E-state index contributed by atoms with van der Waals surface area (Å²) in [6.07, 6.45) is 4.52. The highest BCUT2D eigenvalue weighted by Crippen LogP contribution is 2.35. The van der Waals surface area contributed by atoms with Gasteiger partial charge in [-0.2, -0.15) is 0 Å². The Bertz CT molecular complexity index is 576. The molecule has 2 aromatic heterocycles. The van der Waals surface area contributed by atoms with Crippen LogP contribution >= 0.6 is 11.3 Å². The smallest absolute Gasteiger partial charge is 0.228 e. The number of nitrogens with one attached hydrogen (secondary N) is 1. The van der Waals surface area contributed by atoms with E-state index in [1.54, 1.807) is 29.7 Å². The predicted molar refractivity (Wildman–Crippen MR) is 76.7 cm³/mol. The number of rotatable bonds is 4. The van der Waals surface area contributed by atoms with E-state index in [0.717, 1.165) is 24.8 Å². The molecule has 0 saturated carbocycles. The van der Waals surface area contributed by atoms with Gasteiger partial charge < -0.3 is 14.8 Å². The van der Waals surface area contributed by atoms with Crippen LogP contribution in [0, 0.1) is 0 Å². The maximum absolute atomic E-state index is 12.5. The van der Waals surface area contributed by atoms with E-state index in [2.05, 4.69) is 5.32 Å². The van der Waals surface area contributed by atoms with Crippen LogP contribution in [0.25, 0.3) is 0 Å². The van der Waals surface area contributed by atoms with E-state index in [0.29, 0.717) is 5.76 Å². The summed E-state index contributed by atoms with van der Waals surface area (Å²) in [5.41, 5.74) is 1.15. The Morgan fingerprint density at radius 3 is 3.20 bits per heavy atom. The van der Waals surface area contributed by atoms with E-state index < -0.39 is 6.04 Å². The van der Waals surface area contributed by atoms with Crippen LogP contribution in [0.15, 0.2) is 34.3 Å². The normalized spacial score (nSPS) is 19.4. The second-order valence-corrected chi connectivity index (χ2v) is 6.00. The number of aryl methyl sites for hydroxylation is 1. The Morgan fingerprint density at radius 1 is 1.55 bits per heavy atom. The first-order chi connectivity index (χ1) is 9.79. The van der Waals surface area contributed by atoms with E-state index in [1.807, 2.05) is 11.4 Å². The highest BCUT2D eigenvalue weighted by molar-refractivity contribution is 7.10. The standard InChI is InChI=1S/C15H17NO3S/c17-9-12(13-4-2-7-19-13)16-15(18)11-3-1-5-14-10(11)6-8-20-14/h2,4,6-8,11-12,17H,1,3,5,9H2,(H,16,18). The number of aliphatic hydroxyl groups excluding tert-OH is 1. The zero-order valence-electron chi connectivity index (χ0n) is 11.0. The number of hydrogen-bond donors (Lipinski definition) is 2. The number of furan rings is 1. The number of hydrogen-bond acceptors (Lipinski definition) is 4. The van der Waals surface area contributed by atoms with Gasteiger partial charge in [0.15, 0.2) is 0 Å². The van der Waals surface area contributed by atoms with Crippen LogP contribution < -0.4 is 5.32 Å². The summed E-state index contributed by atoms with van der Waals surface area (Å²) in [5, 5.41) is 14.4. The van der Waals surface area contributed by atoms with Gasteiger partial charge in [-0.15, -0.1) is 11.3 Å². The first-order valence-corrected chi connectivity index (χ1v) is 7.68. The van der Waals surface area contributed by atoms with Gasteiger partial charge in [-0.05, 0) is 48.4 Å². The molecule has 1 aliphatic carbocycles. The summed E-state index contributed by atoms with van der Waals surface area (Å²) >= 11 is 1.72. The Labute approximate surface area is 121 Å². The zero-order valence-corrected chi connectivity index (χ0v) is 11.9. The summed E-state index contributed by atoms with van der Waals surface area (Å²) in [5.74, 6) is 0.455. The molecule has 2 unspecified atom stereocenters. The minimum absolute atomic E-state index is 0.0280. The highest BCUT2D eigenvalue weighted by Gasteiger charge is 2.29. The number of carbonyl (C=O) groups excluding carboxylic acids is 1. The molecule has 0 bridgehead atoms. The van der Waals surface area contributed by atoms with E-state index in [9.17, 15) is 9.90 Å². The average Bonchev–Trinajstić information content (AvgIpc) is 3.14. The molecule has 0 aliphatic heterocycles. The molecule has 2 N–H and O–H groups in total. The van der Waals surface area contributed by atoms with Gasteiger partial charge in [0.2, 0.25) is 5.91 Å². The van der Waals surface area contributed by atoms with Crippen molar-refractivity contribution in [2.45, 2.75) is 31.2 Å². The third kappa shape index (κ3) is 2.51. The third-order valence-corrected chi connectivity index (χ3v) is 4.75.